The number of aromatic nitrogens is 2. The summed E-state index contributed by atoms with van der Waals surface area (Å²) in [5, 5.41) is 4.18. The minimum Gasteiger partial charge on any atom is -0.490 e. The Morgan fingerprint density at radius 2 is 1.75 bits per heavy atom. The highest BCUT2D eigenvalue weighted by molar-refractivity contribution is 7.89. The minimum atomic E-state index is -3.65. The highest BCUT2D eigenvalue weighted by Gasteiger charge is 2.18. The third-order valence-corrected chi connectivity index (χ3v) is 5.82. The van der Waals surface area contributed by atoms with Gasteiger partial charge in [-0.15, -0.1) is 0 Å². The van der Waals surface area contributed by atoms with Crippen molar-refractivity contribution in [1.82, 2.24) is 14.5 Å². The van der Waals surface area contributed by atoms with Gasteiger partial charge in [0, 0.05) is 31.4 Å². The first-order valence-corrected chi connectivity index (χ1v) is 10.5. The van der Waals surface area contributed by atoms with Gasteiger partial charge in [0.2, 0.25) is 10.0 Å². The lowest BCUT2D eigenvalue weighted by molar-refractivity contribution is 0.297. The maximum atomic E-state index is 12.6. The summed E-state index contributed by atoms with van der Waals surface area (Å²) in [6.07, 6.45) is 4.41. The Hall–Kier alpha value is -2.84. The molecule has 8 heteroatoms. The van der Waals surface area contributed by atoms with Crippen molar-refractivity contribution in [3.8, 4) is 11.5 Å². The van der Waals surface area contributed by atoms with Gasteiger partial charge in [-0.1, -0.05) is 24.3 Å². The zero-order valence-corrected chi connectivity index (χ0v) is 16.1. The topological polar surface area (TPSA) is 82.5 Å². The van der Waals surface area contributed by atoms with E-state index < -0.39 is 10.0 Å². The zero-order valence-electron chi connectivity index (χ0n) is 15.2. The second-order valence-electron chi connectivity index (χ2n) is 6.50. The highest BCUT2D eigenvalue weighted by atomic mass is 32.2. The fourth-order valence-electron chi connectivity index (χ4n) is 2.92. The van der Waals surface area contributed by atoms with Gasteiger partial charge in [0.15, 0.2) is 11.5 Å². The largest absolute Gasteiger partial charge is 0.490 e. The summed E-state index contributed by atoms with van der Waals surface area (Å²) in [5.74, 6) is 1.03. The van der Waals surface area contributed by atoms with E-state index in [1.807, 2.05) is 41.2 Å². The molecular weight excluding hydrogens is 378 g/mol. The van der Waals surface area contributed by atoms with E-state index >= 15 is 0 Å². The summed E-state index contributed by atoms with van der Waals surface area (Å²) in [6.45, 7) is 1.96. The van der Waals surface area contributed by atoms with Crippen molar-refractivity contribution in [3.63, 3.8) is 0 Å². The van der Waals surface area contributed by atoms with Crippen molar-refractivity contribution in [1.29, 1.82) is 0 Å². The molecule has 1 aliphatic rings. The van der Waals surface area contributed by atoms with Crippen LogP contribution in [0, 0.1) is 0 Å². The van der Waals surface area contributed by atoms with Crippen LogP contribution in [-0.2, 0) is 23.1 Å². The van der Waals surface area contributed by atoms with Crippen molar-refractivity contribution >= 4 is 10.0 Å². The molecule has 1 aliphatic heterocycles. The quantitative estimate of drug-likeness (QED) is 0.689. The molecule has 0 fully saturated rings. The Kier molecular flexibility index (Phi) is 5.31. The third kappa shape index (κ3) is 4.35. The molecule has 0 radical (unpaired) electrons. The summed E-state index contributed by atoms with van der Waals surface area (Å²) in [6, 6.07) is 14.3. The average molecular weight is 399 g/mol. The maximum absolute atomic E-state index is 12.6. The van der Waals surface area contributed by atoms with Gasteiger partial charge in [-0.05, 0) is 29.3 Å². The molecule has 2 aromatic carbocycles. The Morgan fingerprint density at radius 3 is 2.50 bits per heavy atom. The van der Waals surface area contributed by atoms with Gasteiger partial charge in [0.25, 0.3) is 0 Å². The molecule has 28 heavy (non-hydrogen) atoms. The minimum absolute atomic E-state index is 0.159. The highest BCUT2D eigenvalue weighted by Crippen LogP contribution is 2.31. The standard InChI is InChI=1S/C20H21N3O4S/c24-28(25,18-7-8-19-20(13-18)27-12-2-11-26-19)22-14-16-3-5-17(6-4-16)15-23-10-1-9-21-23/h1,3-10,13,22H,2,11-12,14-15H2. The molecule has 0 spiro atoms. The second-order valence-corrected chi connectivity index (χ2v) is 8.27. The van der Waals surface area contributed by atoms with E-state index in [-0.39, 0.29) is 11.4 Å². The van der Waals surface area contributed by atoms with Gasteiger partial charge in [-0.25, -0.2) is 13.1 Å². The normalized spacial score (nSPS) is 13.9. The molecule has 4 rings (SSSR count). The summed E-state index contributed by atoms with van der Waals surface area (Å²) >= 11 is 0. The van der Waals surface area contributed by atoms with Crippen LogP contribution in [0.4, 0.5) is 0 Å². The van der Waals surface area contributed by atoms with E-state index in [1.165, 1.54) is 12.1 Å². The molecule has 3 aromatic rings. The fraction of sp³-hybridized carbons (Fsp3) is 0.250. The number of nitrogens with one attached hydrogen (secondary N) is 1. The number of ether oxygens (including phenoxy) is 2. The van der Waals surface area contributed by atoms with Crippen molar-refractivity contribution in [2.45, 2.75) is 24.4 Å². The molecule has 1 aromatic heterocycles. The monoisotopic (exact) mass is 399 g/mol. The lowest BCUT2D eigenvalue weighted by Crippen LogP contribution is -2.23. The fourth-order valence-corrected chi connectivity index (χ4v) is 3.95. The smallest absolute Gasteiger partial charge is 0.241 e. The van der Waals surface area contributed by atoms with Crippen LogP contribution in [0.1, 0.15) is 17.5 Å². The molecule has 0 unspecified atom stereocenters. The number of fused-ring (bicyclic) bond motifs is 1. The lowest BCUT2D eigenvalue weighted by atomic mass is 10.1. The molecule has 0 aliphatic carbocycles. The van der Waals surface area contributed by atoms with Gasteiger partial charge in [-0.2, -0.15) is 5.10 Å². The SMILES string of the molecule is O=S(=O)(NCc1ccc(Cn2cccn2)cc1)c1ccc2c(c1)OCCCO2. The van der Waals surface area contributed by atoms with Crippen molar-refractivity contribution in [2.75, 3.05) is 13.2 Å². The Bertz CT molecular complexity index is 1030. The molecule has 1 N–H and O–H groups in total. The van der Waals surface area contributed by atoms with Crippen LogP contribution in [0.2, 0.25) is 0 Å². The van der Waals surface area contributed by atoms with Gasteiger partial charge in [-0.3, -0.25) is 4.68 Å². The van der Waals surface area contributed by atoms with E-state index in [1.54, 1.807) is 12.3 Å². The van der Waals surface area contributed by atoms with E-state index in [0.29, 0.717) is 31.3 Å². The van der Waals surface area contributed by atoms with Crippen LogP contribution in [0.5, 0.6) is 11.5 Å². The third-order valence-electron chi connectivity index (χ3n) is 4.42. The van der Waals surface area contributed by atoms with Crippen LogP contribution >= 0.6 is 0 Å². The molecule has 0 atom stereocenters. The van der Waals surface area contributed by atoms with Crippen molar-refractivity contribution in [3.05, 3.63) is 72.1 Å². The van der Waals surface area contributed by atoms with Crippen LogP contribution < -0.4 is 14.2 Å². The molecule has 0 saturated heterocycles. The van der Waals surface area contributed by atoms with E-state index in [4.69, 9.17) is 9.47 Å². The van der Waals surface area contributed by atoms with E-state index in [0.717, 1.165) is 17.5 Å². The zero-order chi connectivity index (χ0) is 19.4. The molecule has 0 bridgehead atoms. The predicted octanol–water partition coefficient (Wildman–Crippen LogP) is 2.57. The summed E-state index contributed by atoms with van der Waals surface area (Å²) in [7, 11) is -3.65. The first-order chi connectivity index (χ1) is 13.6. The number of rotatable bonds is 6. The van der Waals surface area contributed by atoms with Gasteiger partial charge >= 0.3 is 0 Å². The van der Waals surface area contributed by atoms with E-state index in [9.17, 15) is 8.42 Å². The van der Waals surface area contributed by atoms with Crippen LogP contribution in [0.3, 0.4) is 0 Å². The van der Waals surface area contributed by atoms with Gasteiger partial charge in [0.1, 0.15) is 0 Å². The summed E-state index contributed by atoms with van der Waals surface area (Å²) in [5.41, 5.74) is 1.97. The lowest BCUT2D eigenvalue weighted by Gasteiger charge is -2.11. The molecule has 146 valence electrons. The average Bonchev–Trinajstić information content (AvgIpc) is 3.09. The summed E-state index contributed by atoms with van der Waals surface area (Å²) < 4.78 is 40.9. The van der Waals surface area contributed by atoms with Crippen molar-refractivity contribution < 1.29 is 17.9 Å². The van der Waals surface area contributed by atoms with Crippen LogP contribution in [0.25, 0.3) is 0 Å². The van der Waals surface area contributed by atoms with E-state index in [2.05, 4.69) is 9.82 Å². The molecule has 0 amide bonds. The Balaban J connectivity index is 1.41. The van der Waals surface area contributed by atoms with Gasteiger partial charge in [0.05, 0.1) is 24.7 Å². The first kappa shape index (κ1) is 18.5. The molecule has 7 nitrogen and oxygen atoms in total. The number of hydrogen-bond donors (Lipinski definition) is 1. The molecular formula is C20H21N3O4S. The number of benzene rings is 2. The van der Waals surface area contributed by atoms with Crippen LogP contribution in [0.15, 0.2) is 65.8 Å². The first-order valence-electron chi connectivity index (χ1n) is 9.05. The number of nitrogens with zero attached hydrogens (tertiary/aromatic N) is 2. The molecule has 0 saturated carbocycles. The van der Waals surface area contributed by atoms with Gasteiger partial charge < -0.3 is 9.47 Å². The van der Waals surface area contributed by atoms with Crippen molar-refractivity contribution in [2.24, 2.45) is 0 Å². The van der Waals surface area contributed by atoms with Crippen LogP contribution in [-0.4, -0.2) is 31.4 Å². The second kappa shape index (κ2) is 8.04. The summed E-state index contributed by atoms with van der Waals surface area (Å²) in [4.78, 5) is 0.159. The maximum Gasteiger partial charge on any atom is 0.241 e. The predicted molar refractivity (Wildman–Crippen MR) is 104 cm³/mol. The number of hydrogen-bond acceptors (Lipinski definition) is 5. The Morgan fingerprint density at radius 1 is 1.00 bits per heavy atom. The molecule has 2 heterocycles. The number of sulfonamides is 1. The Labute approximate surface area is 164 Å².